The Morgan fingerprint density at radius 1 is 1.41 bits per heavy atom. The van der Waals surface area contributed by atoms with Gasteiger partial charge >= 0.3 is 12.1 Å². The maximum atomic E-state index is 13.3. The lowest BCUT2D eigenvalue weighted by Crippen LogP contribution is -2.41. The second kappa shape index (κ2) is 7.22. The first-order valence-electron chi connectivity index (χ1n) is 8.49. The Labute approximate surface area is 152 Å². The molecule has 2 heterocycles. The van der Waals surface area contributed by atoms with Crippen LogP contribution in [0, 0.1) is 0 Å². The number of nitrogens with one attached hydrogen (secondary N) is 1. The number of rotatable bonds is 4. The summed E-state index contributed by atoms with van der Waals surface area (Å²) in [6.07, 6.45) is -4.25. The summed E-state index contributed by atoms with van der Waals surface area (Å²) in [6, 6.07) is 4.57. The fourth-order valence-corrected chi connectivity index (χ4v) is 3.48. The summed E-state index contributed by atoms with van der Waals surface area (Å²) in [7, 11) is 0. The van der Waals surface area contributed by atoms with Gasteiger partial charge in [-0.3, -0.25) is 9.59 Å². The molecule has 0 spiro atoms. The van der Waals surface area contributed by atoms with Crippen LogP contribution in [0.25, 0.3) is 10.9 Å². The van der Waals surface area contributed by atoms with Crippen LogP contribution in [0.5, 0.6) is 0 Å². The van der Waals surface area contributed by atoms with Gasteiger partial charge in [-0.1, -0.05) is 0 Å². The first-order chi connectivity index (χ1) is 12.7. The van der Waals surface area contributed by atoms with Crippen molar-refractivity contribution in [1.82, 2.24) is 4.98 Å². The number of esters is 1. The highest BCUT2D eigenvalue weighted by molar-refractivity contribution is 5.86. The van der Waals surface area contributed by atoms with Gasteiger partial charge in [-0.05, 0) is 31.0 Å². The fraction of sp³-hybridized carbons (Fsp3) is 0.444. The molecule has 2 atom stereocenters. The summed E-state index contributed by atoms with van der Waals surface area (Å²) < 4.78 is 44.8. The number of hydrogen-bond donors (Lipinski definition) is 2. The van der Waals surface area contributed by atoms with Crippen LogP contribution in [0.15, 0.2) is 29.1 Å². The van der Waals surface area contributed by atoms with E-state index in [1.807, 2.05) is 0 Å². The third kappa shape index (κ3) is 4.08. The van der Waals surface area contributed by atoms with E-state index < -0.39 is 29.4 Å². The van der Waals surface area contributed by atoms with Crippen molar-refractivity contribution in [3.05, 3.63) is 40.2 Å². The zero-order chi connectivity index (χ0) is 19.8. The smallest absolute Gasteiger partial charge is 0.417 e. The van der Waals surface area contributed by atoms with Gasteiger partial charge in [0, 0.05) is 36.1 Å². The van der Waals surface area contributed by atoms with Gasteiger partial charge in [-0.15, -0.1) is 0 Å². The number of ether oxygens (including phenoxy) is 1. The van der Waals surface area contributed by atoms with E-state index in [9.17, 15) is 27.9 Å². The Balaban J connectivity index is 1.97. The van der Waals surface area contributed by atoms with Crippen LogP contribution in [-0.2, 0) is 15.7 Å². The van der Waals surface area contributed by atoms with Crippen molar-refractivity contribution >= 4 is 22.6 Å². The lowest BCUT2D eigenvalue weighted by atomic mass is 10.1. The van der Waals surface area contributed by atoms with E-state index in [1.165, 1.54) is 19.1 Å². The number of H-pyrrole nitrogens is 1. The minimum atomic E-state index is -4.66. The van der Waals surface area contributed by atoms with Crippen LogP contribution in [0.4, 0.5) is 18.9 Å². The monoisotopic (exact) mass is 384 g/mol. The number of carbonyl (C=O) groups is 1. The molecule has 0 aliphatic carbocycles. The van der Waals surface area contributed by atoms with Crippen LogP contribution < -0.4 is 10.5 Å². The van der Waals surface area contributed by atoms with Crippen LogP contribution in [0.2, 0.25) is 0 Å². The van der Waals surface area contributed by atoms with Crippen LogP contribution in [0.1, 0.15) is 25.3 Å². The zero-order valence-corrected chi connectivity index (χ0v) is 14.5. The third-order valence-electron chi connectivity index (χ3n) is 4.66. The number of aliphatic hydroxyl groups excluding tert-OH is 1. The van der Waals surface area contributed by atoms with E-state index in [0.29, 0.717) is 24.7 Å². The van der Waals surface area contributed by atoms with Gasteiger partial charge in [0.25, 0.3) is 0 Å². The number of halogens is 3. The molecule has 1 aliphatic rings. The molecule has 1 aliphatic heterocycles. The minimum Gasteiger partial charge on any atom is -0.463 e. The summed E-state index contributed by atoms with van der Waals surface area (Å²) in [5.74, 6) is -0.511. The Kier molecular flexibility index (Phi) is 5.14. The van der Waals surface area contributed by atoms with Gasteiger partial charge in [0.05, 0.1) is 11.6 Å². The highest BCUT2D eigenvalue weighted by Gasteiger charge is 2.35. The third-order valence-corrected chi connectivity index (χ3v) is 4.66. The van der Waals surface area contributed by atoms with Gasteiger partial charge < -0.3 is 19.7 Å². The second-order valence-electron chi connectivity index (χ2n) is 6.55. The molecule has 1 saturated heterocycles. The summed E-state index contributed by atoms with van der Waals surface area (Å²) >= 11 is 0. The molecule has 0 saturated carbocycles. The maximum Gasteiger partial charge on any atom is 0.417 e. The van der Waals surface area contributed by atoms with Crippen molar-refractivity contribution in [1.29, 1.82) is 0 Å². The van der Waals surface area contributed by atoms with Crippen molar-refractivity contribution < 1.29 is 27.8 Å². The molecule has 3 rings (SSSR count). The predicted molar refractivity (Wildman–Crippen MR) is 92.6 cm³/mol. The summed E-state index contributed by atoms with van der Waals surface area (Å²) in [5.41, 5.74) is -1.23. The number of aromatic nitrogens is 1. The predicted octanol–water partition coefficient (Wildman–Crippen LogP) is 2.44. The molecule has 6 nitrogen and oxygen atoms in total. The van der Waals surface area contributed by atoms with Crippen LogP contribution >= 0.6 is 0 Å². The van der Waals surface area contributed by atoms with Crippen LogP contribution in [0.3, 0.4) is 0 Å². The quantitative estimate of drug-likeness (QED) is 0.792. The van der Waals surface area contributed by atoms with Gasteiger partial charge in [-0.25, -0.2) is 0 Å². The number of benzene rings is 1. The number of alkyl halides is 3. The Morgan fingerprint density at radius 2 is 2.15 bits per heavy atom. The molecule has 0 unspecified atom stereocenters. The molecular weight excluding hydrogens is 365 g/mol. The molecule has 1 fully saturated rings. The zero-order valence-electron chi connectivity index (χ0n) is 14.5. The van der Waals surface area contributed by atoms with Crippen molar-refractivity contribution in [3.63, 3.8) is 0 Å². The lowest BCUT2D eigenvalue weighted by Gasteiger charge is -2.30. The van der Waals surface area contributed by atoms with Crippen molar-refractivity contribution in [2.24, 2.45) is 0 Å². The SMILES string of the molecule is CC(=O)OC[C@H](O)[C@H]1CCCN1c1ccc2[nH]c(=O)cc(C(F)(F)F)c2c1. The summed E-state index contributed by atoms with van der Waals surface area (Å²) in [4.78, 5) is 26.7. The molecule has 2 aromatic rings. The molecule has 27 heavy (non-hydrogen) atoms. The Hall–Kier alpha value is -2.55. The molecular formula is C18H19F3N2O4. The standard InChI is InChI=1S/C18H19F3N2O4/c1-10(24)27-9-16(25)15-3-2-6-23(15)11-4-5-14-12(7-11)13(18(19,20)21)8-17(26)22-14/h4-5,7-8,15-16,25H,2-3,6,9H2,1H3,(H,22,26)/t15-,16+/m1/s1. The van der Waals surface area contributed by atoms with E-state index in [-0.39, 0.29) is 23.6 Å². The number of aromatic amines is 1. The molecule has 9 heteroatoms. The van der Waals surface area contributed by atoms with Gasteiger partial charge in [0.2, 0.25) is 5.56 Å². The second-order valence-corrected chi connectivity index (χ2v) is 6.55. The average molecular weight is 384 g/mol. The fourth-order valence-electron chi connectivity index (χ4n) is 3.48. The largest absolute Gasteiger partial charge is 0.463 e. The van der Waals surface area contributed by atoms with E-state index in [4.69, 9.17) is 4.74 Å². The number of hydrogen-bond acceptors (Lipinski definition) is 5. The Bertz CT molecular complexity index is 910. The first-order valence-corrected chi connectivity index (χ1v) is 8.49. The number of carbonyl (C=O) groups excluding carboxylic acids is 1. The molecule has 1 aromatic heterocycles. The van der Waals surface area contributed by atoms with E-state index in [2.05, 4.69) is 4.98 Å². The summed E-state index contributed by atoms with van der Waals surface area (Å²) in [5, 5.41) is 10.2. The van der Waals surface area contributed by atoms with E-state index in [1.54, 1.807) is 11.0 Å². The molecule has 146 valence electrons. The minimum absolute atomic E-state index is 0.0924. The van der Waals surface area contributed by atoms with Gasteiger partial charge in [0.1, 0.15) is 12.7 Å². The highest BCUT2D eigenvalue weighted by Crippen LogP contribution is 2.36. The molecule has 0 radical (unpaired) electrons. The summed E-state index contributed by atoms with van der Waals surface area (Å²) in [6.45, 7) is 1.62. The van der Waals surface area contributed by atoms with E-state index >= 15 is 0 Å². The number of pyridine rings is 1. The normalized spacial score (nSPS) is 18.7. The molecule has 0 amide bonds. The Morgan fingerprint density at radius 3 is 2.81 bits per heavy atom. The van der Waals surface area contributed by atoms with Gasteiger partial charge in [0.15, 0.2) is 0 Å². The first kappa shape index (κ1) is 19.2. The number of aliphatic hydroxyl groups is 1. The van der Waals surface area contributed by atoms with E-state index in [0.717, 1.165) is 6.42 Å². The maximum absolute atomic E-state index is 13.3. The molecule has 1 aromatic carbocycles. The van der Waals surface area contributed by atoms with Crippen LogP contribution in [-0.4, -0.2) is 41.4 Å². The highest BCUT2D eigenvalue weighted by atomic mass is 19.4. The molecule has 2 N–H and O–H groups in total. The number of fused-ring (bicyclic) bond motifs is 1. The van der Waals surface area contributed by atoms with Crippen molar-refractivity contribution in [2.45, 2.75) is 38.1 Å². The number of nitrogens with zero attached hydrogens (tertiary/aromatic N) is 1. The van der Waals surface area contributed by atoms with Crippen molar-refractivity contribution in [3.8, 4) is 0 Å². The lowest BCUT2D eigenvalue weighted by molar-refractivity contribution is -0.144. The topological polar surface area (TPSA) is 82.6 Å². The van der Waals surface area contributed by atoms with Crippen molar-refractivity contribution in [2.75, 3.05) is 18.1 Å². The number of anilines is 1. The molecule has 0 bridgehead atoms. The average Bonchev–Trinajstić information content (AvgIpc) is 3.07. The van der Waals surface area contributed by atoms with Gasteiger partial charge in [-0.2, -0.15) is 13.2 Å².